The van der Waals surface area contributed by atoms with Crippen LogP contribution in [0.1, 0.15) is 34.1 Å². The van der Waals surface area contributed by atoms with E-state index < -0.39 is 5.79 Å². The molecular formula is C11H18O4S. The second-order valence-corrected chi connectivity index (χ2v) is 5.97. The highest BCUT2D eigenvalue weighted by Crippen LogP contribution is 2.47. The predicted octanol–water partition coefficient (Wildman–Crippen LogP) is 1.92. The van der Waals surface area contributed by atoms with Crippen molar-refractivity contribution in [1.82, 2.24) is 0 Å². The van der Waals surface area contributed by atoms with Gasteiger partial charge in [0.2, 0.25) is 0 Å². The van der Waals surface area contributed by atoms with Crippen molar-refractivity contribution in [3.05, 3.63) is 0 Å². The molecule has 0 aliphatic carbocycles. The van der Waals surface area contributed by atoms with Gasteiger partial charge in [0.05, 0.1) is 0 Å². The zero-order chi connectivity index (χ0) is 11.9. The van der Waals surface area contributed by atoms with Crippen LogP contribution in [0.25, 0.3) is 0 Å². The first-order valence-electron chi connectivity index (χ1n) is 5.61. The molecule has 4 nitrogen and oxygen atoms in total. The molecule has 2 saturated heterocycles. The Kier molecular flexibility index (Phi) is 3.20. The standard InChI is InChI=1S/C11H18O4S/c1-5-7-8-9(15-11(3,4)14-8)10(16-7)13-6(2)12/h7-10H,5H2,1-4H3. The average molecular weight is 246 g/mol. The number of carbonyl (C=O) groups excluding carboxylic acids is 1. The van der Waals surface area contributed by atoms with Crippen molar-refractivity contribution in [3.8, 4) is 0 Å². The first-order valence-corrected chi connectivity index (χ1v) is 6.55. The van der Waals surface area contributed by atoms with Gasteiger partial charge in [0.1, 0.15) is 12.2 Å². The lowest BCUT2D eigenvalue weighted by Crippen LogP contribution is -2.31. The average Bonchev–Trinajstić information content (AvgIpc) is 2.60. The number of esters is 1. The summed E-state index contributed by atoms with van der Waals surface area (Å²) in [7, 11) is 0. The zero-order valence-corrected chi connectivity index (χ0v) is 10.9. The van der Waals surface area contributed by atoms with Crippen LogP contribution in [0.4, 0.5) is 0 Å². The lowest BCUT2D eigenvalue weighted by molar-refractivity contribution is -0.162. The van der Waals surface area contributed by atoms with E-state index in [1.165, 1.54) is 6.92 Å². The third kappa shape index (κ3) is 2.21. The van der Waals surface area contributed by atoms with Crippen LogP contribution in [0.15, 0.2) is 0 Å². The number of fused-ring (bicyclic) bond motifs is 1. The molecular weight excluding hydrogens is 228 g/mol. The maximum absolute atomic E-state index is 11.0. The van der Waals surface area contributed by atoms with Gasteiger partial charge in [-0.15, -0.1) is 11.8 Å². The second-order valence-electron chi connectivity index (χ2n) is 4.63. The Morgan fingerprint density at radius 3 is 2.56 bits per heavy atom. The van der Waals surface area contributed by atoms with E-state index in [1.54, 1.807) is 11.8 Å². The van der Waals surface area contributed by atoms with Crippen molar-refractivity contribution in [3.63, 3.8) is 0 Å². The van der Waals surface area contributed by atoms with Gasteiger partial charge < -0.3 is 14.2 Å². The quantitative estimate of drug-likeness (QED) is 0.696. The summed E-state index contributed by atoms with van der Waals surface area (Å²) in [5.74, 6) is -0.830. The van der Waals surface area contributed by atoms with Gasteiger partial charge in [0.15, 0.2) is 11.2 Å². The number of rotatable bonds is 2. The molecule has 5 heteroatoms. The third-order valence-corrected chi connectivity index (χ3v) is 4.38. The number of thioether (sulfide) groups is 1. The molecule has 0 amide bonds. The van der Waals surface area contributed by atoms with Gasteiger partial charge in [0, 0.05) is 12.2 Å². The smallest absolute Gasteiger partial charge is 0.303 e. The van der Waals surface area contributed by atoms with Crippen LogP contribution in [-0.2, 0) is 19.0 Å². The number of hydrogen-bond acceptors (Lipinski definition) is 5. The summed E-state index contributed by atoms with van der Waals surface area (Å²) in [4.78, 5) is 11.0. The Bertz CT molecular complexity index is 292. The minimum absolute atomic E-state index is 0.0364. The largest absolute Gasteiger partial charge is 0.449 e. The van der Waals surface area contributed by atoms with E-state index in [1.807, 2.05) is 13.8 Å². The molecule has 92 valence electrons. The van der Waals surface area contributed by atoms with Crippen LogP contribution in [0.5, 0.6) is 0 Å². The molecule has 0 bridgehead atoms. The van der Waals surface area contributed by atoms with Crippen LogP contribution < -0.4 is 0 Å². The van der Waals surface area contributed by atoms with Crippen molar-refractivity contribution in [2.24, 2.45) is 0 Å². The van der Waals surface area contributed by atoms with E-state index in [2.05, 4.69) is 6.92 Å². The van der Waals surface area contributed by atoms with Gasteiger partial charge >= 0.3 is 5.97 Å². The first kappa shape index (κ1) is 12.2. The molecule has 2 fully saturated rings. The fraction of sp³-hybridized carbons (Fsp3) is 0.909. The Morgan fingerprint density at radius 1 is 1.38 bits per heavy atom. The predicted molar refractivity (Wildman–Crippen MR) is 61.0 cm³/mol. The van der Waals surface area contributed by atoms with Gasteiger partial charge in [0.25, 0.3) is 0 Å². The summed E-state index contributed by atoms with van der Waals surface area (Å²) in [5, 5.41) is 0.344. The second kappa shape index (κ2) is 4.20. The van der Waals surface area contributed by atoms with Crippen LogP contribution in [0, 0.1) is 0 Å². The SMILES string of the molecule is CCC1SC(OC(C)=O)C2OC(C)(C)OC12. The fourth-order valence-corrected chi connectivity index (χ4v) is 3.69. The summed E-state index contributed by atoms with van der Waals surface area (Å²) < 4.78 is 16.9. The molecule has 2 heterocycles. The van der Waals surface area contributed by atoms with Crippen LogP contribution in [0.2, 0.25) is 0 Å². The summed E-state index contributed by atoms with van der Waals surface area (Å²) in [5.41, 5.74) is -0.228. The van der Waals surface area contributed by atoms with Crippen LogP contribution >= 0.6 is 11.8 Å². The van der Waals surface area contributed by atoms with E-state index in [-0.39, 0.29) is 23.6 Å². The highest BCUT2D eigenvalue weighted by Gasteiger charge is 2.55. The molecule has 0 spiro atoms. The Balaban J connectivity index is 2.11. The highest BCUT2D eigenvalue weighted by molar-refractivity contribution is 8.00. The minimum atomic E-state index is -0.567. The summed E-state index contributed by atoms with van der Waals surface area (Å²) in [6.45, 7) is 7.33. The van der Waals surface area contributed by atoms with Crippen molar-refractivity contribution in [1.29, 1.82) is 0 Å². The fourth-order valence-electron chi connectivity index (χ4n) is 2.23. The maximum Gasteiger partial charge on any atom is 0.303 e. The molecule has 2 aliphatic heterocycles. The van der Waals surface area contributed by atoms with Crippen molar-refractivity contribution in [2.45, 2.75) is 62.8 Å². The van der Waals surface area contributed by atoms with Crippen molar-refractivity contribution in [2.75, 3.05) is 0 Å². The lowest BCUT2D eigenvalue weighted by atomic mass is 10.1. The Morgan fingerprint density at radius 2 is 2.00 bits per heavy atom. The van der Waals surface area contributed by atoms with Gasteiger partial charge in [-0.25, -0.2) is 0 Å². The normalized spacial score (nSPS) is 40.8. The molecule has 2 rings (SSSR count). The van der Waals surface area contributed by atoms with Gasteiger partial charge in [-0.1, -0.05) is 6.92 Å². The molecule has 0 aromatic heterocycles. The molecule has 0 saturated carbocycles. The summed E-state index contributed by atoms with van der Waals surface area (Å²) in [6.07, 6.45) is 0.895. The molecule has 4 unspecified atom stereocenters. The van der Waals surface area contributed by atoms with E-state index in [0.29, 0.717) is 5.25 Å². The van der Waals surface area contributed by atoms with E-state index >= 15 is 0 Å². The molecule has 0 N–H and O–H groups in total. The molecule has 0 aromatic rings. The van der Waals surface area contributed by atoms with Crippen LogP contribution in [0.3, 0.4) is 0 Å². The van der Waals surface area contributed by atoms with E-state index in [9.17, 15) is 4.79 Å². The van der Waals surface area contributed by atoms with Gasteiger partial charge in [-0.3, -0.25) is 4.79 Å². The Hall–Kier alpha value is -0.260. The maximum atomic E-state index is 11.0. The number of hydrogen-bond donors (Lipinski definition) is 0. The summed E-state index contributed by atoms with van der Waals surface area (Å²) in [6, 6.07) is 0. The number of carbonyl (C=O) groups is 1. The van der Waals surface area contributed by atoms with Gasteiger partial charge in [-0.2, -0.15) is 0 Å². The monoisotopic (exact) mass is 246 g/mol. The minimum Gasteiger partial charge on any atom is -0.449 e. The molecule has 0 radical (unpaired) electrons. The molecule has 2 aliphatic rings. The van der Waals surface area contributed by atoms with Crippen LogP contribution in [-0.4, -0.2) is 34.7 Å². The Labute approximate surface area is 100 Å². The zero-order valence-electron chi connectivity index (χ0n) is 10.1. The van der Waals surface area contributed by atoms with E-state index in [4.69, 9.17) is 14.2 Å². The molecule has 0 aromatic carbocycles. The van der Waals surface area contributed by atoms with Crippen molar-refractivity contribution < 1.29 is 19.0 Å². The number of ether oxygens (including phenoxy) is 3. The van der Waals surface area contributed by atoms with E-state index in [0.717, 1.165) is 6.42 Å². The highest BCUT2D eigenvalue weighted by atomic mass is 32.2. The topological polar surface area (TPSA) is 44.8 Å². The lowest BCUT2D eigenvalue weighted by Gasteiger charge is -2.22. The molecule has 16 heavy (non-hydrogen) atoms. The molecule has 4 atom stereocenters. The van der Waals surface area contributed by atoms with Crippen molar-refractivity contribution >= 4 is 17.7 Å². The first-order chi connectivity index (χ1) is 7.43. The third-order valence-electron chi connectivity index (χ3n) is 2.79. The summed E-state index contributed by atoms with van der Waals surface area (Å²) >= 11 is 1.64. The van der Waals surface area contributed by atoms with Gasteiger partial charge in [-0.05, 0) is 20.3 Å².